The van der Waals surface area contributed by atoms with Gasteiger partial charge in [0.1, 0.15) is 18.8 Å². The van der Waals surface area contributed by atoms with E-state index in [1.54, 1.807) is 12.1 Å². The lowest BCUT2D eigenvalue weighted by Gasteiger charge is -2.46. The maximum atomic E-state index is 13.2. The molecule has 2 aliphatic heterocycles. The molecule has 1 fully saturated rings. The molecule has 0 aromatic heterocycles. The molecule has 0 spiro atoms. The second kappa shape index (κ2) is 10.00. The number of hydrogen-bond acceptors (Lipinski definition) is 11. The largest absolute Gasteiger partial charge is 0.463 e. The molecule has 34 heavy (non-hydrogen) atoms. The highest BCUT2D eigenvalue weighted by Gasteiger charge is 2.58. The van der Waals surface area contributed by atoms with Crippen molar-refractivity contribution in [2.24, 2.45) is 0 Å². The predicted molar refractivity (Wildman–Crippen MR) is 109 cm³/mol. The SMILES string of the molecule is CC(=O)OCC1OC(OC(C)=O)[C@H](N2C(=O)c3ccccc3C2=O)[C@@H](OC(C)=O)[C@@H]1OC(C)=O. The Morgan fingerprint density at radius 2 is 1.29 bits per heavy atom. The average Bonchev–Trinajstić information content (AvgIpc) is 2.98. The smallest absolute Gasteiger partial charge is 0.305 e. The molecule has 12 heteroatoms. The van der Waals surface area contributed by atoms with Crippen LogP contribution < -0.4 is 0 Å². The minimum absolute atomic E-state index is 0.0849. The average molecular weight is 477 g/mol. The molecule has 2 amide bonds. The highest BCUT2D eigenvalue weighted by Crippen LogP contribution is 2.35. The Bertz CT molecular complexity index is 1000. The molecule has 0 aliphatic carbocycles. The summed E-state index contributed by atoms with van der Waals surface area (Å²) >= 11 is 0. The first-order valence-corrected chi connectivity index (χ1v) is 10.3. The number of nitrogens with zero attached hydrogens (tertiary/aromatic N) is 1. The van der Waals surface area contributed by atoms with E-state index in [9.17, 15) is 28.8 Å². The van der Waals surface area contributed by atoms with E-state index in [2.05, 4.69) is 0 Å². The van der Waals surface area contributed by atoms with Gasteiger partial charge in [0.2, 0.25) is 6.29 Å². The lowest BCUT2D eigenvalue weighted by molar-refractivity contribution is -0.278. The molecular formula is C22H23NO11. The van der Waals surface area contributed by atoms with Crippen LogP contribution in [0.1, 0.15) is 48.4 Å². The molecule has 0 N–H and O–H groups in total. The van der Waals surface area contributed by atoms with Crippen molar-refractivity contribution in [2.75, 3.05) is 6.61 Å². The van der Waals surface area contributed by atoms with Crippen molar-refractivity contribution in [1.29, 1.82) is 0 Å². The van der Waals surface area contributed by atoms with Crippen molar-refractivity contribution >= 4 is 35.7 Å². The zero-order chi connectivity index (χ0) is 25.2. The van der Waals surface area contributed by atoms with Crippen molar-refractivity contribution in [3.05, 3.63) is 35.4 Å². The third-order valence-corrected chi connectivity index (χ3v) is 5.08. The molecule has 3 rings (SSSR count). The van der Waals surface area contributed by atoms with E-state index in [0.717, 1.165) is 32.6 Å². The molecule has 2 aliphatic rings. The number of imide groups is 1. The molecule has 182 valence electrons. The standard InChI is InChI=1S/C22H23NO11/c1-10(24)30-9-16-18(31-11(2)25)19(32-12(3)26)17(22(34-16)33-13(4)27)23-20(28)14-7-5-6-8-15(14)21(23)29/h5-8,16-19,22H,9H2,1-4H3/t16?,17-,18-,19-,22?/m1/s1. The van der Waals surface area contributed by atoms with Gasteiger partial charge in [-0.25, -0.2) is 0 Å². The van der Waals surface area contributed by atoms with Crippen LogP contribution >= 0.6 is 0 Å². The summed E-state index contributed by atoms with van der Waals surface area (Å²) in [5.74, 6) is -4.64. The Kier molecular flexibility index (Phi) is 7.30. The number of esters is 4. The lowest BCUT2D eigenvalue weighted by atomic mass is 9.94. The first-order valence-electron chi connectivity index (χ1n) is 10.3. The Labute approximate surface area is 194 Å². The summed E-state index contributed by atoms with van der Waals surface area (Å²) in [6, 6.07) is 4.49. The number of carbonyl (C=O) groups excluding carboxylic acids is 6. The molecule has 0 bridgehead atoms. The monoisotopic (exact) mass is 477 g/mol. The second-order valence-corrected chi connectivity index (χ2v) is 7.62. The van der Waals surface area contributed by atoms with Gasteiger partial charge in [0, 0.05) is 27.7 Å². The quantitative estimate of drug-likeness (QED) is 0.317. The van der Waals surface area contributed by atoms with Crippen molar-refractivity contribution in [3.63, 3.8) is 0 Å². The van der Waals surface area contributed by atoms with Gasteiger partial charge in [-0.15, -0.1) is 0 Å². The number of rotatable bonds is 6. The number of carbonyl (C=O) groups is 6. The van der Waals surface area contributed by atoms with Gasteiger partial charge in [0.15, 0.2) is 12.2 Å². The van der Waals surface area contributed by atoms with Crippen LogP contribution in [0.5, 0.6) is 0 Å². The van der Waals surface area contributed by atoms with E-state index < -0.39 is 72.9 Å². The van der Waals surface area contributed by atoms with Crippen LogP contribution in [-0.2, 0) is 42.9 Å². The molecule has 1 aromatic rings. The minimum Gasteiger partial charge on any atom is -0.463 e. The lowest BCUT2D eigenvalue weighted by Crippen LogP contribution is -2.67. The fourth-order valence-corrected chi connectivity index (χ4v) is 3.90. The maximum absolute atomic E-state index is 13.2. The maximum Gasteiger partial charge on any atom is 0.305 e. The van der Waals surface area contributed by atoms with E-state index in [1.807, 2.05) is 0 Å². The summed E-state index contributed by atoms with van der Waals surface area (Å²) in [5.41, 5.74) is 0.170. The van der Waals surface area contributed by atoms with Crippen LogP contribution in [-0.4, -0.2) is 77.8 Å². The van der Waals surface area contributed by atoms with Crippen LogP contribution in [0.2, 0.25) is 0 Å². The van der Waals surface area contributed by atoms with E-state index >= 15 is 0 Å². The first kappa shape index (κ1) is 24.8. The number of amides is 2. The fourth-order valence-electron chi connectivity index (χ4n) is 3.90. The van der Waals surface area contributed by atoms with Crippen LogP contribution in [0, 0.1) is 0 Å². The summed E-state index contributed by atoms with van der Waals surface area (Å²) in [6.45, 7) is 3.91. The number of hydrogen-bond donors (Lipinski definition) is 0. The van der Waals surface area contributed by atoms with Crippen LogP contribution in [0.25, 0.3) is 0 Å². The highest BCUT2D eigenvalue weighted by molar-refractivity contribution is 6.21. The minimum atomic E-state index is -1.63. The molecule has 0 radical (unpaired) electrons. The zero-order valence-corrected chi connectivity index (χ0v) is 18.8. The Morgan fingerprint density at radius 3 is 1.76 bits per heavy atom. The summed E-state index contributed by atoms with van der Waals surface area (Å²) in [4.78, 5) is 74.2. The molecule has 0 saturated carbocycles. The third-order valence-electron chi connectivity index (χ3n) is 5.08. The van der Waals surface area contributed by atoms with Gasteiger partial charge >= 0.3 is 23.9 Å². The van der Waals surface area contributed by atoms with Crippen LogP contribution in [0.15, 0.2) is 24.3 Å². The Hall–Kier alpha value is -3.80. The molecule has 5 atom stereocenters. The molecular weight excluding hydrogens is 454 g/mol. The predicted octanol–water partition coefficient (Wildman–Crippen LogP) is 0.366. The van der Waals surface area contributed by atoms with Gasteiger partial charge in [0.25, 0.3) is 11.8 Å². The highest BCUT2D eigenvalue weighted by atomic mass is 16.7. The number of ether oxygens (including phenoxy) is 5. The van der Waals surface area contributed by atoms with E-state index in [0.29, 0.717) is 0 Å². The Balaban J connectivity index is 2.11. The van der Waals surface area contributed by atoms with Crippen LogP contribution in [0.4, 0.5) is 0 Å². The van der Waals surface area contributed by atoms with Crippen molar-refractivity contribution < 1.29 is 52.5 Å². The van der Waals surface area contributed by atoms with Gasteiger partial charge in [-0.1, -0.05) is 12.1 Å². The van der Waals surface area contributed by atoms with Crippen LogP contribution in [0.3, 0.4) is 0 Å². The normalized spacial score (nSPS) is 25.9. The van der Waals surface area contributed by atoms with Gasteiger partial charge in [-0.2, -0.15) is 0 Å². The molecule has 2 unspecified atom stereocenters. The first-order chi connectivity index (χ1) is 16.0. The molecule has 12 nitrogen and oxygen atoms in total. The van der Waals surface area contributed by atoms with E-state index in [4.69, 9.17) is 23.7 Å². The van der Waals surface area contributed by atoms with Crippen molar-refractivity contribution in [1.82, 2.24) is 4.90 Å². The topological polar surface area (TPSA) is 152 Å². The second-order valence-electron chi connectivity index (χ2n) is 7.62. The van der Waals surface area contributed by atoms with Crippen molar-refractivity contribution in [2.45, 2.75) is 58.3 Å². The molecule has 2 heterocycles. The fraction of sp³-hybridized carbons (Fsp3) is 0.455. The molecule has 1 saturated heterocycles. The summed E-state index contributed by atoms with van der Waals surface area (Å²) in [6.07, 6.45) is -5.81. The van der Waals surface area contributed by atoms with Gasteiger partial charge in [-0.3, -0.25) is 33.7 Å². The van der Waals surface area contributed by atoms with Gasteiger partial charge in [-0.05, 0) is 12.1 Å². The summed E-state index contributed by atoms with van der Waals surface area (Å²) in [5, 5.41) is 0. The molecule has 1 aromatic carbocycles. The van der Waals surface area contributed by atoms with E-state index in [-0.39, 0.29) is 11.1 Å². The zero-order valence-electron chi connectivity index (χ0n) is 18.8. The van der Waals surface area contributed by atoms with Gasteiger partial charge in [0.05, 0.1) is 11.1 Å². The third kappa shape index (κ3) is 5.06. The van der Waals surface area contributed by atoms with E-state index in [1.165, 1.54) is 12.1 Å². The number of benzene rings is 1. The van der Waals surface area contributed by atoms with Crippen molar-refractivity contribution in [3.8, 4) is 0 Å². The summed E-state index contributed by atoms with van der Waals surface area (Å²) < 4.78 is 26.7. The Morgan fingerprint density at radius 1 is 0.794 bits per heavy atom. The number of fused-ring (bicyclic) bond motifs is 1. The van der Waals surface area contributed by atoms with Gasteiger partial charge < -0.3 is 23.7 Å². The summed E-state index contributed by atoms with van der Waals surface area (Å²) in [7, 11) is 0.